The zero-order chi connectivity index (χ0) is 16.0. The van der Waals surface area contributed by atoms with Crippen molar-refractivity contribution in [3.8, 4) is 0 Å². The summed E-state index contributed by atoms with van der Waals surface area (Å²) >= 11 is 0. The van der Waals surface area contributed by atoms with E-state index in [9.17, 15) is 22.0 Å². The number of sulfonamides is 1. The van der Waals surface area contributed by atoms with Gasteiger partial charge in [-0.25, -0.2) is 26.7 Å². The number of anilines is 1. The first-order valence-electron chi connectivity index (χ1n) is 5.72. The minimum Gasteiger partial charge on any atom is -0.478 e. The van der Waals surface area contributed by atoms with E-state index in [0.29, 0.717) is 0 Å². The molecule has 0 aliphatic heterocycles. The Labute approximate surface area is 119 Å². The number of alkyl halides is 2. The number of halogens is 2. The van der Waals surface area contributed by atoms with Crippen molar-refractivity contribution in [2.75, 3.05) is 25.5 Å². The van der Waals surface area contributed by atoms with Crippen molar-refractivity contribution in [2.45, 2.75) is 11.3 Å². The first-order valence-corrected chi connectivity index (χ1v) is 7.20. The van der Waals surface area contributed by atoms with Crippen LogP contribution in [0.25, 0.3) is 0 Å². The Morgan fingerprint density at radius 3 is 2.67 bits per heavy atom. The van der Waals surface area contributed by atoms with Crippen molar-refractivity contribution in [2.24, 2.45) is 0 Å². The smallest absolute Gasteiger partial charge is 0.337 e. The molecule has 1 rings (SSSR count). The number of hydrogen-bond acceptors (Lipinski definition) is 5. The van der Waals surface area contributed by atoms with Gasteiger partial charge in [-0.15, -0.1) is 0 Å². The number of nitrogens with two attached hydrogens (primary N) is 1. The van der Waals surface area contributed by atoms with Crippen LogP contribution in [-0.2, 0) is 14.8 Å². The zero-order valence-electron chi connectivity index (χ0n) is 10.8. The Bertz CT molecular complexity index is 607. The van der Waals surface area contributed by atoms with Crippen LogP contribution in [0.5, 0.6) is 0 Å². The summed E-state index contributed by atoms with van der Waals surface area (Å²) in [7, 11) is -4.11. The van der Waals surface area contributed by atoms with Crippen molar-refractivity contribution in [3.05, 3.63) is 23.8 Å². The molecule has 0 fully saturated rings. The summed E-state index contributed by atoms with van der Waals surface area (Å²) in [5.74, 6) is -1.45. The molecule has 0 radical (unpaired) electrons. The van der Waals surface area contributed by atoms with E-state index >= 15 is 0 Å². The second-order valence-electron chi connectivity index (χ2n) is 3.92. The summed E-state index contributed by atoms with van der Waals surface area (Å²) in [5.41, 5.74) is 5.03. The second kappa shape index (κ2) is 7.29. The summed E-state index contributed by atoms with van der Waals surface area (Å²) in [6.07, 6.45) is -2.64. The third-order valence-electron chi connectivity index (χ3n) is 2.31. The highest BCUT2D eigenvalue weighted by molar-refractivity contribution is 7.89. The highest BCUT2D eigenvalue weighted by Gasteiger charge is 2.22. The van der Waals surface area contributed by atoms with Gasteiger partial charge in [0.05, 0.1) is 17.1 Å². The predicted molar refractivity (Wildman–Crippen MR) is 69.8 cm³/mol. The van der Waals surface area contributed by atoms with Crippen LogP contribution in [0.15, 0.2) is 23.1 Å². The van der Waals surface area contributed by atoms with E-state index in [-0.39, 0.29) is 18.8 Å². The summed E-state index contributed by atoms with van der Waals surface area (Å²) in [6.45, 7) is -1.33. The Morgan fingerprint density at radius 1 is 1.43 bits per heavy atom. The fourth-order valence-electron chi connectivity index (χ4n) is 1.45. The topological polar surface area (TPSA) is 119 Å². The molecule has 0 bridgehead atoms. The van der Waals surface area contributed by atoms with Gasteiger partial charge in [0.2, 0.25) is 10.0 Å². The van der Waals surface area contributed by atoms with Gasteiger partial charge in [-0.05, 0) is 18.2 Å². The minimum atomic E-state index is -4.11. The average molecular weight is 324 g/mol. The van der Waals surface area contributed by atoms with Gasteiger partial charge in [0, 0.05) is 12.2 Å². The number of ether oxygens (including phenoxy) is 1. The largest absolute Gasteiger partial charge is 0.478 e. The molecule has 0 aliphatic carbocycles. The number of nitrogen functional groups attached to an aromatic ring is 1. The van der Waals surface area contributed by atoms with E-state index in [1.165, 1.54) is 6.07 Å². The van der Waals surface area contributed by atoms with Crippen LogP contribution in [0.4, 0.5) is 14.5 Å². The number of hydrogen-bond donors (Lipinski definition) is 3. The van der Waals surface area contributed by atoms with E-state index < -0.39 is 39.5 Å². The molecule has 0 saturated carbocycles. The zero-order valence-corrected chi connectivity index (χ0v) is 11.6. The molecule has 10 heteroatoms. The van der Waals surface area contributed by atoms with Gasteiger partial charge in [-0.3, -0.25) is 0 Å². The lowest BCUT2D eigenvalue weighted by molar-refractivity contribution is 0.0199. The van der Waals surface area contributed by atoms with Gasteiger partial charge in [0.15, 0.2) is 0 Å². The fourth-order valence-corrected chi connectivity index (χ4v) is 2.64. The SMILES string of the molecule is Nc1ccc(S(=O)(=O)NCCOCC(F)F)c(C(=O)O)c1. The normalized spacial score (nSPS) is 11.8. The van der Waals surface area contributed by atoms with Crippen LogP contribution in [0.2, 0.25) is 0 Å². The Kier molecular flexibility index (Phi) is 6.00. The summed E-state index contributed by atoms with van der Waals surface area (Å²) in [4.78, 5) is 10.6. The van der Waals surface area contributed by atoms with Crippen molar-refractivity contribution in [1.29, 1.82) is 0 Å². The van der Waals surface area contributed by atoms with Gasteiger partial charge in [0.25, 0.3) is 6.43 Å². The maximum absolute atomic E-state index is 11.9. The number of benzene rings is 1. The van der Waals surface area contributed by atoms with Gasteiger partial charge in [0.1, 0.15) is 6.61 Å². The van der Waals surface area contributed by atoms with E-state index in [4.69, 9.17) is 10.8 Å². The molecule has 0 aromatic heterocycles. The fraction of sp³-hybridized carbons (Fsp3) is 0.364. The molecule has 0 atom stereocenters. The molecule has 7 nitrogen and oxygen atoms in total. The number of rotatable bonds is 8. The third-order valence-corrected chi connectivity index (χ3v) is 3.83. The van der Waals surface area contributed by atoms with E-state index in [2.05, 4.69) is 9.46 Å². The highest BCUT2D eigenvalue weighted by atomic mass is 32.2. The molecule has 0 aliphatic rings. The summed E-state index contributed by atoms with van der Waals surface area (Å²) in [5, 5.41) is 8.97. The Balaban J connectivity index is 2.77. The monoisotopic (exact) mass is 324 g/mol. The van der Waals surface area contributed by atoms with Crippen LogP contribution in [0, 0.1) is 0 Å². The van der Waals surface area contributed by atoms with Crippen molar-refractivity contribution in [1.82, 2.24) is 4.72 Å². The quantitative estimate of drug-likeness (QED) is 0.474. The molecule has 4 N–H and O–H groups in total. The van der Waals surface area contributed by atoms with E-state index in [0.717, 1.165) is 12.1 Å². The van der Waals surface area contributed by atoms with Gasteiger partial charge < -0.3 is 15.6 Å². The predicted octanol–water partition coefficient (Wildman–Crippen LogP) is 0.527. The molecule has 0 unspecified atom stereocenters. The molecule has 21 heavy (non-hydrogen) atoms. The van der Waals surface area contributed by atoms with E-state index in [1.807, 2.05) is 0 Å². The third kappa shape index (κ3) is 5.25. The first kappa shape index (κ1) is 17.3. The molecular weight excluding hydrogens is 310 g/mol. The van der Waals surface area contributed by atoms with Crippen LogP contribution in [-0.4, -0.2) is 45.7 Å². The number of carboxylic acid groups (broad SMARTS) is 1. The molecular formula is C11H14F2N2O5S. The lowest BCUT2D eigenvalue weighted by Crippen LogP contribution is -2.29. The maximum Gasteiger partial charge on any atom is 0.337 e. The lowest BCUT2D eigenvalue weighted by Gasteiger charge is -2.10. The standard InChI is InChI=1S/C11H14F2N2O5S/c12-10(13)6-20-4-3-15-21(18,19)9-2-1-7(14)5-8(9)11(16)17/h1-2,5,10,15H,3-4,6,14H2,(H,16,17). The summed E-state index contributed by atoms with van der Waals surface area (Å²) in [6, 6.07) is 3.32. The molecule has 1 aromatic carbocycles. The average Bonchev–Trinajstić information content (AvgIpc) is 2.37. The van der Waals surface area contributed by atoms with Gasteiger partial charge in [-0.1, -0.05) is 0 Å². The van der Waals surface area contributed by atoms with Crippen LogP contribution >= 0.6 is 0 Å². The van der Waals surface area contributed by atoms with Crippen molar-refractivity contribution in [3.63, 3.8) is 0 Å². The molecule has 0 spiro atoms. The lowest BCUT2D eigenvalue weighted by atomic mass is 10.2. The van der Waals surface area contributed by atoms with E-state index in [1.54, 1.807) is 0 Å². The Morgan fingerprint density at radius 2 is 2.10 bits per heavy atom. The molecule has 0 saturated heterocycles. The van der Waals surface area contributed by atoms with Crippen LogP contribution < -0.4 is 10.5 Å². The van der Waals surface area contributed by atoms with Crippen LogP contribution in [0.1, 0.15) is 10.4 Å². The number of nitrogens with one attached hydrogen (secondary N) is 1. The number of aromatic carboxylic acids is 1. The second-order valence-corrected chi connectivity index (χ2v) is 5.66. The van der Waals surface area contributed by atoms with Crippen LogP contribution in [0.3, 0.4) is 0 Å². The molecule has 1 aromatic rings. The Hall–Kier alpha value is -1.78. The summed E-state index contributed by atoms with van der Waals surface area (Å²) < 4.78 is 54.1. The highest BCUT2D eigenvalue weighted by Crippen LogP contribution is 2.18. The number of carbonyl (C=O) groups is 1. The minimum absolute atomic E-state index is 0.103. The molecule has 0 amide bonds. The number of carboxylic acids is 1. The van der Waals surface area contributed by atoms with Gasteiger partial charge in [-0.2, -0.15) is 0 Å². The molecule has 0 heterocycles. The first-order chi connectivity index (χ1) is 9.74. The maximum atomic E-state index is 11.9. The molecule has 118 valence electrons. The van der Waals surface area contributed by atoms with Crippen molar-refractivity contribution < 1.29 is 31.8 Å². The van der Waals surface area contributed by atoms with Crippen molar-refractivity contribution >= 4 is 21.7 Å². The van der Waals surface area contributed by atoms with Gasteiger partial charge >= 0.3 is 5.97 Å².